The SMILES string of the molecule is Cc1cc(C)c2nc(N(CCCN3CCOCC3)C(=O)c3ccc(-c4ccccc4)cc3)sc2c1. The molecule has 2 heterocycles. The molecule has 1 saturated heterocycles. The number of rotatable bonds is 7. The van der Waals surface area contributed by atoms with Crippen LogP contribution in [0.1, 0.15) is 27.9 Å². The minimum absolute atomic E-state index is 0.0000188. The summed E-state index contributed by atoms with van der Waals surface area (Å²) >= 11 is 1.60. The van der Waals surface area contributed by atoms with Crippen molar-refractivity contribution in [1.29, 1.82) is 0 Å². The molecule has 3 aromatic carbocycles. The topological polar surface area (TPSA) is 45.7 Å². The maximum atomic E-state index is 13.8. The van der Waals surface area contributed by atoms with Crippen LogP contribution < -0.4 is 4.90 Å². The highest BCUT2D eigenvalue weighted by Crippen LogP contribution is 2.33. The molecular weight excluding hydrogens is 454 g/mol. The van der Waals surface area contributed by atoms with E-state index in [1.807, 2.05) is 47.4 Å². The second-order valence-corrected chi connectivity index (χ2v) is 10.1. The number of aryl methyl sites for hydroxylation is 2. The molecule has 5 nitrogen and oxygen atoms in total. The minimum atomic E-state index is 0.0000188. The number of ether oxygens (including phenoxy) is 1. The zero-order chi connectivity index (χ0) is 24.2. The molecule has 0 spiro atoms. The quantitative estimate of drug-likeness (QED) is 0.325. The van der Waals surface area contributed by atoms with E-state index in [0.717, 1.165) is 71.3 Å². The number of amides is 1. The Labute approximate surface area is 211 Å². The van der Waals surface area contributed by atoms with Crippen molar-refractivity contribution in [2.24, 2.45) is 0 Å². The van der Waals surface area contributed by atoms with Gasteiger partial charge in [-0.05, 0) is 60.7 Å². The van der Waals surface area contributed by atoms with Crippen LogP contribution in [-0.4, -0.2) is 55.2 Å². The fourth-order valence-electron chi connectivity index (χ4n) is 4.63. The summed E-state index contributed by atoms with van der Waals surface area (Å²) < 4.78 is 6.60. The Morgan fingerprint density at radius 3 is 2.46 bits per heavy atom. The van der Waals surface area contributed by atoms with Gasteiger partial charge in [0.25, 0.3) is 5.91 Å². The molecule has 0 aliphatic carbocycles. The molecule has 1 fully saturated rings. The van der Waals surface area contributed by atoms with Crippen LogP contribution in [-0.2, 0) is 4.74 Å². The Morgan fingerprint density at radius 2 is 1.71 bits per heavy atom. The Kier molecular flexibility index (Phi) is 7.23. The lowest BCUT2D eigenvalue weighted by Gasteiger charge is -2.27. The average Bonchev–Trinajstić information content (AvgIpc) is 3.31. The standard InChI is InChI=1S/C29H31N3O2S/c1-21-19-22(2)27-26(20-21)35-29(30-27)32(14-6-13-31-15-17-34-18-16-31)28(33)25-11-9-24(10-12-25)23-7-4-3-5-8-23/h3-5,7-12,19-20H,6,13-18H2,1-2H3. The summed E-state index contributed by atoms with van der Waals surface area (Å²) in [5.74, 6) is 0.0000188. The number of aromatic nitrogens is 1. The first kappa shape index (κ1) is 23.7. The molecular formula is C29H31N3O2S. The van der Waals surface area contributed by atoms with Crippen LogP contribution in [0.3, 0.4) is 0 Å². The fraction of sp³-hybridized carbons (Fsp3) is 0.310. The number of carbonyl (C=O) groups excluding carboxylic acids is 1. The van der Waals surface area contributed by atoms with E-state index in [2.05, 4.69) is 43.0 Å². The van der Waals surface area contributed by atoms with E-state index in [4.69, 9.17) is 9.72 Å². The van der Waals surface area contributed by atoms with Crippen LogP contribution >= 0.6 is 11.3 Å². The van der Waals surface area contributed by atoms with E-state index >= 15 is 0 Å². The highest BCUT2D eigenvalue weighted by Gasteiger charge is 2.22. The Morgan fingerprint density at radius 1 is 1.00 bits per heavy atom. The zero-order valence-corrected chi connectivity index (χ0v) is 21.2. The molecule has 1 aromatic heterocycles. The summed E-state index contributed by atoms with van der Waals surface area (Å²) in [7, 11) is 0. The van der Waals surface area contributed by atoms with Crippen LogP contribution in [0.25, 0.3) is 21.3 Å². The van der Waals surface area contributed by atoms with Crippen molar-refractivity contribution in [2.75, 3.05) is 44.3 Å². The van der Waals surface area contributed by atoms with E-state index in [-0.39, 0.29) is 5.91 Å². The van der Waals surface area contributed by atoms with Crippen LogP contribution in [0.4, 0.5) is 5.13 Å². The number of anilines is 1. The predicted octanol–water partition coefficient (Wildman–Crippen LogP) is 5.95. The van der Waals surface area contributed by atoms with Crippen LogP contribution in [0, 0.1) is 13.8 Å². The van der Waals surface area contributed by atoms with Gasteiger partial charge in [-0.3, -0.25) is 14.6 Å². The summed E-state index contributed by atoms with van der Waals surface area (Å²) in [4.78, 5) is 23.0. The molecule has 0 bridgehead atoms. The molecule has 5 rings (SSSR count). The third-order valence-electron chi connectivity index (χ3n) is 6.49. The molecule has 4 aromatic rings. The minimum Gasteiger partial charge on any atom is -0.379 e. The van der Waals surface area contributed by atoms with Gasteiger partial charge in [0, 0.05) is 31.7 Å². The second kappa shape index (κ2) is 10.7. The number of hydrogen-bond donors (Lipinski definition) is 0. The normalized spacial score (nSPS) is 14.3. The summed E-state index contributed by atoms with van der Waals surface area (Å²) in [6.07, 6.45) is 0.891. The molecule has 0 atom stereocenters. The van der Waals surface area contributed by atoms with Crippen molar-refractivity contribution in [3.8, 4) is 11.1 Å². The molecule has 1 aliphatic heterocycles. The monoisotopic (exact) mass is 485 g/mol. The molecule has 180 valence electrons. The van der Waals surface area contributed by atoms with Gasteiger partial charge in [-0.15, -0.1) is 0 Å². The maximum Gasteiger partial charge on any atom is 0.260 e. The van der Waals surface area contributed by atoms with Gasteiger partial charge >= 0.3 is 0 Å². The summed E-state index contributed by atoms with van der Waals surface area (Å²) in [6, 6.07) is 22.5. The van der Waals surface area contributed by atoms with Crippen LogP contribution in [0.15, 0.2) is 66.7 Å². The first-order chi connectivity index (χ1) is 17.1. The molecule has 1 aliphatic rings. The third kappa shape index (κ3) is 5.45. The Bertz CT molecular complexity index is 1300. The number of nitrogens with zero attached hydrogens (tertiary/aromatic N) is 3. The molecule has 35 heavy (non-hydrogen) atoms. The number of fused-ring (bicyclic) bond motifs is 1. The van der Waals surface area contributed by atoms with Gasteiger partial charge < -0.3 is 4.74 Å². The van der Waals surface area contributed by atoms with Crippen LogP contribution in [0.2, 0.25) is 0 Å². The first-order valence-corrected chi connectivity index (χ1v) is 13.1. The lowest BCUT2D eigenvalue weighted by molar-refractivity contribution is 0.0376. The lowest BCUT2D eigenvalue weighted by atomic mass is 10.0. The van der Waals surface area contributed by atoms with Gasteiger partial charge in [0.05, 0.1) is 23.4 Å². The van der Waals surface area contributed by atoms with E-state index in [9.17, 15) is 4.79 Å². The van der Waals surface area contributed by atoms with Gasteiger partial charge in [0.15, 0.2) is 5.13 Å². The van der Waals surface area contributed by atoms with Crippen molar-refractivity contribution >= 4 is 32.6 Å². The average molecular weight is 486 g/mol. The van der Waals surface area contributed by atoms with Gasteiger partial charge in [0.2, 0.25) is 0 Å². The third-order valence-corrected chi connectivity index (χ3v) is 7.52. The predicted molar refractivity (Wildman–Crippen MR) is 145 cm³/mol. The van der Waals surface area contributed by atoms with Crippen molar-refractivity contribution < 1.29 is 9.53 Å². The molecule has 0 unspecified atom stereocenters. The van der Waals surface area contributed by atoms with Crippen molar-refractivity contribution in [3.63, 3.8) is 0 Å². The lowest BCUT2D eigenvalue weighted by Crippen LogP contribution is -2.39. The first-order valence-electron chi connectivity index (χ1n) is 12.2. The van der Waals surface area contributed by atoms with Crippen molar-refractivity contribution in [1.82, 2.24) is 9.88 Å². The van der Waals surface area contributed by atoms with E-state index in [1.165, 1.54) is 5.56 Å². The van der Waals surface area contributed by atoms with Gasteiger partial charge in [0.1, 0.15) is 0 Å². The van der Waals surface area contributed by atoms with Gasteiger partial charge in [-0.2, -0.15) is 0 Å². The van der Waals surface area contributed by atoms with Crippen molar-refractivity contribution in [3.05, 3.63) is 83.4 Å². The van der Waals surface area contributed by atoms with Crippen LogP contribution in [0.5, 0.6) is 0 Å². The highest BCUT2D eigenvalue weighted by atomic mass is 32.1. The fourth-order valence-corrected chi connectivity index (χ4v) is 5.79. The smallest absolute Gasteiger partial charge is 0.260 e. The summed E-state index contributed by atoms with van der Waals surface area (Å²) in [6.45, 7) is 9.25. The van der Waals surface area contributed by atoms with Gasteiger partial charge in [-0.1, -0.05) is 59.9 Å². The summed E-state index contributed by atoms with van der Waals surface area (Å²) in [5.41, 5.74) is 6.28. The number of benzene rings is 3. The second-order valence-electron chi connectivity index (χ2n) is 9.13. The molecule has 0 radical (unpaired) electrons. The molecule has 0 N–H and O–H groups in total. The van der Waals surface area contributed by atoms with E-state index in [0.29, 0.717) is 12.1 Å². The van der Waals surface area contributed by atoms with E-state index < -0.39 is 0 Å². The van der Waals surface area contributed by atoms with Gasteiger partial charge in [-0.25, -0.2) is 4.98 Å². The Hall–Kier alpha value is -3.06. The number of carbonyl (C=O) groups is 1. The number of thiazole rings is 1. The largest absolute Gasteiger partial charge is 0.379 e. The number of morpholine rings is 1. The highest BCUT2D eigenvalue weighted by molar-refractivity contribution is 7.22. The molecule has 6 heteroatoms. The van der Waals surface area contributed by atoms with Crippen molar-refractivity contribution in [2.45, 2.75) is 20.3 Å². The summed E-state index contributed by atoms with van der Waals surface area (Å²) in [5, 5.41) is 0.771. The number of hydrogen-bond acceptors (Lipinski definition) is 5. The van der Waals surface area contributed by atoms with E-state index in [1.54, 1.807) is 11.3 Å². The maximum absolute atomic E-state index is 13.8. The molecule has 1 amide bonds. The Balaban J connectivity index is 1.41. The zero-order valence-electron chi connectivity index (χ0n) is 20.4. The molecule has 0 saturated carbocycles.